The van der Waals surface area contributed by atoms with Crippen molar-refractivity contribution in [2.75, 3.05) is 7.11 Å². The molecule has 0 aliphatic carbocycles. The van der Waals surface area contributed by atoms with Gasteiger partial charge in [0, 0.05) is 23.7 Å². The van der Waals surface area contributed by atoms with Gasteiger partial charge in [-0.3, -0.25) is 0 Å². The van der Waals surface area contributed by atoms with E-state index in [0.29, 0.717) is 0 Å². The van der Waals surface area contributed by atoms with Crippen molar-refractivity contribution in [3.8, 4) is 5.75 Å². The number of ether oxygens (including phenoxy) is 1. The summed E-state index contributed by atoms with van der Waals surface area (Å²) < 4.78 is 7.73. The maximum atomic E-state index is 6.14. The summed E-state index contributed by atoms with van der Waals surface area (Å²) in [6.07, 6.45) is 2.23. The van der Waals surface area contributed by atoms with Gasteiger partial charge in [-0.15, -0.1) is 0 Å². The zero-order valence-electron chi connectivity index (χ0n) is 9.44. The number of nitrogens with two attached hydrogens (primary N) is 1. The average Bonchev–Trinajstić information content (AvgIpc) is 2.69. The molecule has 0 saturated carbocycles. The van der Waals surface area contributed by atoms with E-state index in [1.807, 2.05) is 12.1 Å². The van der Waals surface area contributed by atoms with E-state index in [0.717, 1.165) is 25.1 Å². The summed E-state index contributed by atoms with van der Waals surface area (Å²) in [5.74, 6) is 0.942. The van der Waals surface area contributed by atoms with Gasteiger partial charge in [0.15, 0.2) is 0 Å². The fourth-order valence-electron chi connectivity index (χ4n) is 2.64. The lowest BCUT2D eigenvalue weighted by Gasteiger charge is -2.22. The molecule has 2 N–H and O–H groups in total. The monoisotopic (exact) mass is 216 g/mol. The smallest absolute Gasteiger partial charge is 0.143 e. The molecule has 84 valence electrons. The molecule has 1 atom stereocenters. The third-order valence-corrected chi connectivity index (χ3v) is 3.41. The Labute approximate surface area is 94.8 Å². The standard InChI is InChI=1S/C13H16N2O/c1-16-12-6-2-4-9-8-11-10(14)5-3-7-15(11)13(9)12/h2,4,6,8,10H,3,5,7,14H2,1H3. The van der Waals surface area contributed by atoms with Gasteiger partial charge in [0.1, 0.15) is 5.75 Å². The number of hydrogen-bond acceptors (Lipinski definition) is 2. The van der Waals surface area contributed by atoms with Gasteiger partial charge < -0.3 is 15.0 Å². The van der Waals surface area contributed by atoms with E-state index in [2.05, 4.69) is 16.7 Å². The molecule has 0 amide bonds. The summed E-state index contributed by atoms with van der Waals surface area (Å²) in [4.78, 5) is 0. The van der Waals surface area contributed by atoms with Crippen molar-refractivity contribution in [2.45, 2.75) is 25.4 Å². The number of hydrogen-bond donors (Lipinski definition) is 1. The van der Waals surface area contributed by atoms with E-state index < -0.39 is 0 Å². The molecule has 1 aromatic carbocycles. The zero-order valence-corrected chi connectivity index (χ0v) is 9.44. The fraction of sp³-hybridized carbons (Fsp3) is 0.385. The maximum Gasteiger partial charge on any atom is 0.143 e. The Morgan fingerprint density at radius 1 is 1.44 bits per heavy atom. The Balaban J connectivity index is 2.33. The normalized spacial score (nSPS) is 19.8. The van der Waals surface area contributed by atoms with E-state index in [9.17, 15) is 0 Å². The number of fused-ring (bicyclic) bond motifs is 3. The molecule has 2 heterocycles. The summed E-state index contributed by atoms with van der Waals surface area (Å²) in [6, 6.07) is 8.53. The zero-order chi connectivity index (χ0) is 11.1. The van der Waals surface area contributed by atoms with Crippen LogP contribution in [-0.4, -0.2) is 11.7 Å². The van der Waals surface area contributed by atoms with Gasteiger partial charge in [-0.05, 0) is 25.0 Å². The summed E-state index contributed by atoms with van der Waals surface area (Å²) >= 11 is 0. The molecule has 3 nitrogen and oxygen atoms in total. The van der Waals surface area contributed by atoms with Crippen molar-refractivity contribution < 1.29 is 4.74 Å². The summed E-state index contributed by atoms with van der Waals surface area (Å²) in [5.41, 5.74) is 8.57. The molecule has 3 heteroatoms. The second-order valence-corrected chi connectivity index (χ2v) is 4.37. The molecule has 16 heavy (non-hydrogen) atoms. The first-order chi connectivity index (χ1) is 7.81. The molecule has 0 spiro atoms. The van der Waals surface area contributed by atoms with Crippen LogP contribution in [0.2, 0.25) is 0 Å². The second-order valence-electron chi connectivity index (χ2n) is 4.37. The van der Waals surface area contributed by atoms with Crippen LogP contribution in [0.3, 0.4) is 0 Å². The number of aromatic nitrogens is 1. The van der Waals surface area contributed by atoms with Crippen LogP contribution in [0.4, 0.5) is 0 Å². The van der Waals surface area contributed by atoms with Gasteiger partial charge in [0.05, 0.1) is 12.6 Å². The SMILES string of the molecule is COc1cccc2cc3n(c12)CCCC3N. The summed E-state index contributed by atoms with van der Waals surface area (Å²) in [7, 11) is 1.72. The molecular formula is C13H16N2O. The summed E-state index contributed by atoms with van der Waals surface area (Å²) in [5, 5.41) is 1.23. The average molecular weight is 216 g/mol. The molecule has 3 rings (SSSR count). The Hall–Kier alpha value is -1.48. The van der Waals surface area contributed by atoms with Gasteiger partial charge in [-0.1, -0.05) is 12.1 Å². The minimum atomic E-state index is 0.172. The third kappa shape index (κ3) is 1.25. The number of methoxy groups -OCH3 is 1. The molecule has 0 fully saturated rings. The van der Waals surface area contributed by atoms with E-state index in [-0.39, 0.29) is 6.04 Å². The highest BCUT2D eigenvalue weighted by atomic mass is 16.5. The fourth-order valence-corrected chi connectivity index (χ4v) is 2.64. The molecule has 0 bridgehead atoms. The number of para-hydroxylation sites is 1. The first kappa shape index (κ1) is 9.73. The van der Waals surface area contributed by atoms with Crippen LogP contribution < -0.4 is 10.5 Å². The molecule has 0 radical (unpaired) electrons. The molecule has 1 aliphatic heterocycles. The van der Waals surface area contributed by atoms with Crippen molar-refractivity contribution >= 4 is 10.9 Å². The minimum Gasteiger partial charge on any atom is -0.495 e. The number of nitrogens with zero attached hydrogens (tertiary/aromatic N) is 1. The molecule has 1 aromatic heterocycles. The third-order valence-electron chi connectivity index (χ3n) is 3.41. The topological polar surface area (TPSA) is 40.2 Å². The van der Waals surface area contributed by atoms with Crippen molar-refractivity contribution in [3.63, 3.8) is 0 Å². The van der Waals surface area contributed by atoms with Crippen molar-refractivity contribution in [3.05, 3.63) is 30.0 Å². The van der Waals surface area contributed by atoms with E-state index >= 15 is 0 Å². The summed E-state index contributed by atoms with van der Waals surface area (Å²) in [6.45, 7) is 1.05. The molecule has 1 unspecified atom stereocenters. The number of benzene rings is 1. The number of rotatable bonds is 1. The quantitative estimate of drug-likeness (QED) is 0.795. The van der Waals surface area contributed by atoms with Crippen LogP contribution >= 0.6 is 0 Å². The Kier molecular flexibility index (Phi) is 2.14. The molecular weight excluding hydrogens is 200 g/mol. The van der Waals surface area contributed by atoms with Gasteiger partial charge in [-0.25, -0.2) is 0 Å². The second kappa shape index (κ2) is 3.52. The lowest BCUT2D eigenvalue weighted by atomic mass is 10.1. The first-order valence-corrected chi connectivity index (χ1v) is 5.73. The maximum absolute atomic E-state index is 6.14. The van der Waals surface area contributed by atoms with Gasteiger partial charge >= 0.3 is 0 Å². The predicted molar refractivity (Wildman–Crippen MR) is 64.7 cm³/mol. The Bertz CT molecular complexity index is 530. The first-order valence-electron chi connectivity index (χ1n) is 5.73. The highest BCUT2D eigenvalue weighted by Crippen LogP contribution is 2.34. The lowest BCUT2D eigenvalue weighted by Crippen LogP contribution is -2.21. The predicted octanol–water partition coefficient (Wildman–Crippen LogP) is 2.44. The Morgan fingerprint density at radius 2 is 2.31 bits per heavy atom. The molecule has 1 aliphatic rings. The van der Waals surface area contributed by atoms with Gasteiger partial charge in [-0.2, -0.15) is 0 Å². The van der Waals surface area contributed by atoms with E-state index in [1.54, 1.807) is 7.11 Å². The van der Waals surface area contributed by atoms with Crippen LogP contribution in [-0.2, 0) is 6.54 Å². The molecule has 2 aromatic rings. The van der Waals surface area contributed by atoms with E-state index in [4.69, 9.17) is 10.5 Å². The minimum absolute atomic E-state index is 0.172. The van der Waals surface area contributed by atoms with E-state index in [1.165, 1.54) is 16.6 Å². The van der Waals surface area contributed by atoms with Crippen molar-refractivity contribution in [1.29, 1.82) is 0 Å². The van der Waals surface area contributed by atoms with Crippen LogP contribution in [0, 0.1) is 0 Å². The largest absolute Gasteiger partial charge is 0.495 e. The van der Waals surface area contributed by atoms with Crippen molar-refractivity contribution in [1.82, 2.24) is 4.57 Å². The van der Waals surface area contributed by atoms with Crippen LogP contribution in [0.1, 0.15) is 24.6 Å². The lowest BCUT2D eigenvalue weighted by molar-refractivity contribution is 0.412. The van der Waals surface area contributed by atoms with Crippen LogP contribution in [0.15, 0.2) is 24.3 Å². The highest BCUT2D eigenvalue weighted by molar-refractivity contribution is 5.87. The van der Waals surface area contributed by atoms with Gasteiger partial charge in [0.2, 0.25) is 0 Å². The molecule has 0 saturated heterocycles. The van der Waals surface area contributed by atoms with Crippen molar-refractivity contribution in [2.24, 2.45) is 5.73 Å². The van der Waals surface area contributed by atoms with Crippen LogP contribution in [0.5, 0.6) is 5.75 Å². The Morgan fingerprint density at radius 3 is 3.12 bits per heavy atom. The highest BCUT2D eigenvalue weighted by Gasteiger charge is 2.20. The number of aryl methyl sites for hydroxylation is 1. The van der Waals surface area contributed by atoms with Gasteiger partial charge in [0.25, 0.3) is 0 Å². The van der Waals surface area contributed by atoms with Crippen LogP contribution in [0.25, 0.3) is 10.9 Å².